The predicted octanol–water partition coefficient (Wildman–Crippen LogP) is 1.18. The second kappa shape index (κ2) is 7.33. The lowest BCUT2D eigenvalue weighted by molar-refractivity contribution is -0.385. The van der Waals surface area contributed by atoms with Crippen LogP contribution >= 0.6 is 0 Å². The molecule has 1 N–H and O–H groups in total. The van der Waals surface area contributed by atoms with E-state index in [1.807, 2.05) is 11.8 Å². The molecule has 0 saturated carbocycles. The van der Waals surface area contributed by atoms with E-state index in [1.165, 1.54) is 12.1 Å². The van der Waals surface area contributed by atoms with E-state index in [1.54, 1.807) is 12.1 Å². The number of nitrogens with zero attached hydrogens (tertiary/aromatic N) is 3. The second-order valence-electron chi connectivity index (χ2n) is 5.40. The fourth-order valence-corrected chi connectivity index (χ4v) is 2.60. The van der Waals surface area contributed by atoms with Crippen molar-refractivity contribution in [3.8, 4) is 0 Å². The average molecular weight is 307 g/mol. The minimum absolute atomic E-state index is 0.0186. The van der Waals surface area contributed by atoms with Gasteiger partial charge in [0.1, 0.15) is 0 Å². The van der Waals surface area contributed by atoms with Crippen molar-refractivity contribution in [2.75, 3.05) is 32.7 Å². The Morgan fingerprint density at radius 2 is 2.05 bits per heavy atom. The van der Waals surface area contributed by atoms with Crippen LogP contribution in [-0.4, -0.2) is 58.5 Å². The second-order valence-corrected chi connectivity index (χ2v) is 5.40. The van der Waals surface area contributed by atoms with Gasteiger partial charge in [-0.3, -0.25) is 19.8 Å². The Kier molecular flexibility index (Phi) is 5.46. The van der Waals surface area contributed by atoms with Crippen LogP contribution in [0.5, 0.6) is 0 Å². The first-order chi connectivity index (χ1) is 10.5. The summed E-state index contributed by atoms with van der Waals surface area (Å²) in [4.78, 5) is 25.8. The standard InChI is InChI=1S/C15H21N3O4/c1-2-15(20)17-8-6-16(7-9-17)11-14(19)12-4-3-5-13(10-12)18(21)22/h3-5,10,14,19H,2,6-9,11H2,1H3. The molecule has 0 spiro atoms. The maximum absolute atomic E-state index is 11.6. The molecular weight excluding hydrogens is 286 g/mol. The summed E-state index contributed by atoms with van der Waals surface area (Å²) in [5, 5.41) is 21.0. The van der Waals surface area contributed by atoms with Gasteiger partial charge in [-0.05, 0) is 5.56 Å². The van der Waals surface area contributed by atoms with Crippen molar-refractivity contribution in [2.45, 2.75) is 19.4 Å². The van der Waals surface area contributed by atoms with Gasteiger partial charge < -0.3 is 10.0 Å². The monoisotopic (exact) mass is 307 g/mol. The molecule has 1 saturated heterocycles. The highest BCUT2D eigenvalue weighted by molar-refractivity contribution is 5.75. The molecule has 2 rings (SSSR count). The lowest BCUT2D eigenvalue weighted by Crippen LogP contribution is -2.49. The summed E-state index contributed by atoms with van der Waals surface area (Å²) < 4.78 is 0. The number of non-ortho nitro benzene ring substituents is 1. The highest BCUT2D eigenvalue weighted by Gasteiger charge is 2.22. The van der Waals surface area contributed by atoms with Crippen molar-refractivity contribution in [2.24, 2.45) is 0 Å². The number of benzene rings is 1. The van der Waals surface area contributed by atoms with Gasteiger partial charge in [0.2, 0.25) is 5.91 Å². The number of carbonyl (C=O) groups excluding carboxylic acids is 1. The fourth-order valence-electron chi connectivity index (χ4n) is 2.60. The Morgan fingerprint density at radius 3 is 2.64 bits per heavy atom. The smallest absolute Gasteiger partial charge is 0.269 e. The van der Waals surface area contributed by atoms with Crippen LogP contribution in [0.1, 0.15) is 25.0 Å². The summed E-state index contributed by atoms with van der Waals surface area (Å²) in [7, 11) is 0. The molecule has 1 aromatic carbocycles. The minimum Gasteiger partial charge on any atom is -0.387 e. The van der Waals surface area contributed by atoms with Crippen LogP contribution in [0.2, 0.25) is 0 Å². The maximum Gasteiger partial charge on any atom is 0.269 e. The Balaban J connectivity index is 1.90. The van der Waals surface area contributed by atoms with Crippen molar-refractivity contribution < 1.29 is 14.8 Å². The normalized spacial score (nSPS) is 17.3. The molecule has 0 aromatic heterocycles. The maximum atomic E-state index is 11.6. The Hall–Kier alpha value is -1.99. The van der Waals surface area contributed by atoms with E-state index < -0.39 is 11.0 Å². The number of nitro groups is 1. The van der Waals surface area contributed by atoms with Crippen molar-refractivity contribution in [1.82, 2.24) is 9.80 Å². The molecule has 0 aliphatic carbocycles. The van der Waals surface area contributed by atoms with Gasteiger partial charge in [-0.2, -0.15) is 0 Å². The molecule has 1 aromatic rings. The highest BCUT2D eigenvalue weighted by Crippen LogP contribution is 2.20. The molecule has 1 unspecified atom stereocenters. The summed E-state index contributed by atoms with van der Waals surface area (Å²) in [6, 6.07) is 6.08. The van der Waals surface area contributed by atoms with E-state index in [0.29, 0.717) is 44.7 Å². The van der Waals surface area contributed by atoms with E-state index in [2.05, 4.69) is 4.90 Å². The zero-order valence-electron chi connectivity index (χ0n) is 12.6. The molecule has 1 heterocycles. The highest BCUT2D eigenvalue weighted by atomic mass is 16.6. The zero-order valence-corrected chi connectivity index (χ0v) is 12.6. The molecule has 1 fully saturated rings. The Morgan fingerprint density at radius 1 is 1.36 bits per heavy atom. The van der Waals surface area contributed by atoms with Crippen LogP contribution in [0.15, 0.2) is 24.3 Å². The summed E-state index contributed by atoms with van der Waals surface area (Å²) >= 11 is 0. The molecule has 1 aliphatic heterocycles. The van der Waals surface area contributed by atoms with Crippen LogP contribution in [0.4, 0.5) is 5.69 Å². The fraction of sp³-hybridized carbons (Fsp3) is 0.533. The van der Waals surface area contributed by atoms with Crippen LogP contribution < -0.4 is 0 Å². The molecule has 7 nitrogen and oxygen atoms in total. The first-order valence-electron chi connectivity index (χ1n) is 7.43. The van der Waals surface area contributed by atoms with Crippen molar-refractivity contribution in [3.05, 3.63) is 39.9 Å². The molecule has 0 radical (unpaired) electrons. The summed E-state index contributed by atoms with van der Waals surface area (Å²) in [6.07, 6.45) is -0.260. The van der Waals surface area contributed by atoms with Crippen LogP contribution in [0, 0.1) is 10.1 Å². The van der Waals surface area contributed by atoms with E-state index in [4.69, 9.17) is 0 Å². The SMILES string of the molecule is CCC(=O)N1CCN(CC(O)c2cccc([N+](=O)[O-])c2)CC1. The van der Waals surface area contributed by atoms with E-state index in [9.17, 15) is 20.0 Å². The predicted molar refractivity (Wildman–Crippen MR) is 81.4 cm³/mol. The van der Waals surface area contributed by atoms with Gasteiger partial charge >= 0.3 is 0 Å². The van der Waals surface area contributed by atoms with Gasteiger partial charge in [-0.1, -0.05) is 19.1 Å². The molecule has 1 aliphatic rings. The third kappa shape index (κ3) is 4.02. The zero-order chi connectivity index (χ0) is 16.1. The van der Waals surface area contributed by atoms with Crippen molar-refractivity contribution in [1.29, 1.82) is 0 Å². The first kappa shape index (κ1) is 16.4. The first-order valence-corrected chi connectivity index (χ1v) is 7.43. The number of piperazine rings is 1. The molecule has 22 heavy (non-hydrogen) atoms. The molecule has 120 valence electrons. The summed E-state index contributed by atoms with van der Waals surface area (Å²) in [6.45, 7) is 4.99. The summed E-state index contributed by atoms with van der Waals surface area (Å²) in [5.41, 5.74) is 0.524. The van der Waals surface area contributed by atoms with Gasteiger partial charge in [0.15, 0.2) is 0 Å². The third-order valence-electron chi connectivity index (χ3n) is 3.92. The number of carbonyl (C=O) groups is 1. The van der Waals surface area contributed by atoms with Gasteiger partial charge in [0.25, 0.3) is 5.69 Å². The number of β-amino-alcohol motifs (C(OH)–C–C–N with tert-alkyl or cyclic N) is 1. The molecule has 1 amide bonds. The van der Waals surface area contributed by atoms with E-state index in [0.717, 1.165) is 0 Å². The quantitative estimate of drug-likeness (QED) is 0.652. The Labute approximate surface area is 129 Å². The Bertz CT molecular complexity index is 541. The van der Waals surface area contributed by atoms with Crippen LogP contribution in [0.3, 0.4) is 0 Å². The summed E-state index contributed by atoms with van der Waals surface area (Å²) in [5.74, 6) is 0.152. The largest absolute Gasteiger partial charge is 0.387 e. The topological polar surface area (TPSA) is 86.9 Å². The number of nitro benzene ring substituents is 1. The number of hydrogen-bond donors (Lipinski definition) is 1. The molecule has 7 heteroatoms. The van der Waals surface area contributed by atoms with Crippen molar-refractivity contribution in [3.63, 3.8) is 0 Å². The van der Waals surface area contributed by atoms with E-state index in [-0.39, 0.29) is 11.6 Å². The minimum atomic E-state index is -0.770. The lowest BCUT2D eigenvalue weighted by atomic mass is 10.1. The van der Waals surface area contributed by atoms with Gasteiger partial charge in [0, 0.05) is 51.3 Å². The molecular formula is C15H21N3O4. The van der Waals surface area contributed by atoms with Crippen LogP contribution in [-0.2, 0) is 4.79 Å². The molecule has 1 atom stereocenters. The number of amides is 1. The van der Waals surface area contributed by atoms with Gasteiger partial charge in [0.05, 0.1) is 11.0 Å². The van der Waals surface area contributed by atoms with Gasteiger partial charge in [-0.25, -0.2) is 0 Å². The van der Waals surface area contributed by atoms with Crippen molar-refractivity contribution >= 4 is 11.6 Å². The number of hydrogen-bond acceptors (Lipinski definition) is 5. The average Bonchev–Trinajstić information content (AvgIpc) is 2.54. The van der Waals surface area contributed by atoms with Gasteiger partial charge in [-0.15, -0.1) is 0 Å². The number of rotatable bonds is 5. The number of aliphatic hydroxyl groups excluding tert-OH is 1. The molecule has 0 bridgehead atoms. The van der Waals surface area contributed by atoms with E-state index >= 15 is 0 Å². The van der Waals surface area contributed by atoms with Crippen LogP contribution in [0.25, 0.3) is 0 Å². The third-order valence-corrected chi connectivity index (χ3v) is 3.92. The lowest BCUT2D eigenvalue weighted by Gasteiger charge is -2.35. The number of aliphatic hydroxyl groups is 1.